The molecule has 2 N–H and O–H groups in total. The molecular weight excluding hydrogens is 460 g/mol. The molecule has 2 heterocycles. The van der Waals surface area contributed by atoms with E-state index < -0.39 is 0 Å². The molecule has 174 valence electrons. The van der Waals surface area contributed by atoms with E-state index >= 15 is 0 Å². The standard InChI is InChI=1S/C28H23ClN4O2/c29-19-9-7-18(8-10-19)16-34-22-3-1-4-23(15-22)35-21-13-11-20(12-14-21)33-25-6-2-5-24(25)26-27(33)28(30)32-17-31-26/h1,3-4,7-15,17H,2,5-6,16H2,(H2,30,31,32). The number of nitrogens with zero attached hydrogens (tertiary/aromatic N) is 3. The normalized spacial score (nSPS) is 12.6. The number of fused-ring (bicyclic) bond motifs is 3. The SMILES string of the molecule is Nc1ncnc2c3c(n(-c4ccc(Oc5cccc(OCc6ccc(Cl)cc6)c5)cc4)c12)CCC3. The molecule has 5 aromatic rings. The number of hydrogen-bond acceptors (Lipinski definition) is 5. The number of anilines is 1. The first-order valence-corrected chi connectivity index (χ1v) is 11.9. The lowest BCUT2D eigenvalue weighted by atomic mass is 10.2. The fourth-order valence-corrected chi connectivity index (χ4v) is 4.78. The molecule has 0 fully saturated rings. The molecule has 0 radical (unpaired) electrons. The van der Waals surface area contributed by atoms with E-state index in [0.29, 0.717) is 23.2 Å². The summed E-state index contributed by atoms with van der Waals surface area (Å²) < 4.78 is 14.2. The Morgan fingerprint density at radius 1 is 0.886 bits per heavy atom. The van der Waals surface area contributed by atoms with Crippen LogP contribution in [-0.2, 0) is 19.4 Å². The second-order valence-corrected chi connectivity index (χ2v) is 8.99. The quantitative estimate of drug-likeness (QED) is 0.298. The number of hydrogen-bond donors (Lipinski definition) is 1. The zero-order valence-electron chi connectivity index (χ0n) is 18.9. The number of ether oxygens (including phenoxy) is 2. The summed E-state index contributed by atoms with van der Waals surface area (Å²) in [4.78, 5) is 8.75. The smallest absolute Gasteiger partial charge is 0.151 e. The summed E-state index contributed by atoms with van der Waals surface area (Å²) >= 11 is 5.95. The van der Waals surface area contributed by atoms with Crippen molar-refractivity contribution in [2.75, 3.05) is 5.73 Å². The Balaban J connectivity index is 1.21. The second-order valence-electron chi connectivity index (χ2n) is 8.56. The molecule has 2 aromatic heterocycles. The van der Waals surface area contributed by atoms with Crippen molar-refractivity contribution in [2.24, 2.45) is 0 Å². The minimum Gasteiger partial charge on any atom is -0.489 e. The monoisotopic (exact) mass is 482 g/mol. The van der Waals surface area contributed by atoms with Gasteiger partial charge in [-0.05, 0) is 78.9 Å². The Morgan fingerprint density at radius 2 is 1.69 bits per heavy atom. The van der Waals surface area contributed by atoms with Gasteiger partial charge in [-0.3, -0.25) is 0 Å². The van der Waals surface area contributed by atoms with Crippen molar-refractivity contribution in [3.05, 3.63) is 101 Å². The van der Waals surface area contributed by atoms with Crippen LogP contribution in [0, 0.1) is 0 Å². The summed E-state index contributed by atoms with van der Waals surface area (Å²) in [5.41, 5.74) is 12.7. The number of nitrogen functional groups attached to an aromatic ring is 1. The predicted octanol–water partition coefficient (Wildman–Crippen LogP) is 6.52. The third-order valence-corrected chi connectivity index (χ3v) is 6.53. The van der Waals surface area contributed by atoms with Crippen molar-refractivity contribution in [3.63, 3.8) is 0 Å². The van der Waals surface area contributed by atoms with Gasteiger partial charge in [0.05, 0.1) is 5.52 Å². The van der Waals surface area contributed by atoms with Gasteiger partial charge in [-0.15, -0.1) is 0 Å². The van der Waals surface area contributed by atoms with E-state index in [2.05, 4.69) is 14.5 Å². The van der Waals surface area contributed by atoms with Gasteiger partial charge < -0.3 is 19.8 Å². The van der Waals surface area contributed by atoms with Gasteiger partial charge in [0.25, 0.3) is 0 Å². The maximum atomic E-state index is 6.26. The minimum absolute atomic E-state index is 0.456. The zero-order valence-corrected chi connectivity index (χ0v) is 19.7. The van der Waals surface area contributed by atoms with E-state index in [1.165, 1.54) is 11.3 Å². The molecule has 0 amide bonds. The van der Waals surface area contributed by atoms with Crippen molar-refractivity contribution in [3.8, 4) is 22.9 Å². The highest BCUT2D eigenvalue weighted by molar-refractivity contribution is 6.30. The zero-order chi connectivity index (χ0) is 23.8. The van der Waals surface area contributed by atoms with Gasteiger partial charge in [0, 0.05) is 22.5 Å². The second kappa shape index (κ2) is 8.96. The Morgan fingerprint density at radius 3 is 2.51 bits per heavy atom. The van der Waals surface area contributed by atoms with Gasteiger partial charge in [-0.1, -0.05) is 29.8 Å². The van der Waals surface area contributed by atoms with E-state index in [9.17, 15) is 0 Å². The fraction of sp³-hybridized carbons (Fsp3) is 0.143. The third-order valence-electron chi connectivity index (χ3n) is 6.27. The average Bonchev–Trinajstić information content (AvgIpc) is 3.47. The maximum Gasteiger partial charge on any atom is 0.151 e. The van der Waals surface area contributed by atoms with Crippen LogP contribution in [0.15, 0.2) is 79.1 Å². The summed E-state index contributed by atoms with van der Waals surface area (Å²) in [6.07, 6.45) is 4.70. The lowest BCUT2D eigenvalue weighted by molar-refractivity contribution is 0.304. The highest BCUT2D eigenvalue weighted by atomic mass is 35.5. The molecule has 0 aliphatic heterocycles. The molecule has 35 heavy (non-hydrogen) atoms. The van der Waals surface area contributed by atoms with Gasteiger partial charge >= 0.3 is 0 Å². The highest BCUT2D eigenvalue weighted by Crippen LogP contribution is 2.36. The Hall–Kier alpha value is -4.03. The van der Waals surface area contributed by atoms with Gasteiger partial charge in [-0.25, -0.2) is 9.97 Å². The van der Waals surface area contributed by atoms with Crippen LogP contribution in [-0.4, -0.2) is 14.5 Å². The summed E-state index contributed by atoms with van der Waals surface area (Å²) in [5, 5.41) is 0.710. The molecule has 1 aliphatic carbocycles. The van der Waals surface area contributed by atoms with Crippen LogP contribution >= 0.6 is 11.6 Å². The summed E-state index contributed by atoms with van der Waals surface area (Å²) in [6, 6.07) is 23.2. The summed E-state index contributed by atoms with van der Waals surface area (Å²) in [6.45, 7) is 0.456. The van der Waals surface area contributed by atoms with E-state index in [4.69, 9.17) is 26.8 Å². The van der Waals surface area contributed by atoms with Gasteiger partial charge in [0.1, 0.15) is 35.7 Å². The topological polar surface area (TPSA) is 75.2 Å². The van der Waals surface area contributed by atoms with Gasteiger partial charge in [0.2, 0.25) is 0 Å². The summed E-state index contributed by atoms with van der Waals surface area (Å²) in [5.74, 6) is 2.68. The average molecular weight is 483 g/mol. The van der Waals surface area contributed by atoms with E-state index in [1.807, 2.05) is 72.8 Å². The molecule has 0 saturated heterocycles. The number of aromatic nitrogens is 3. The van der Waals surface area contributed by atoms with Crippen LogP contribution in [0.25, 0.3) is 16.7 Å². The molecule has 7 heteroatoms. The van der Waals surface area contributed by atoms with Crippen molar-refractivity contribution < 1.29 is 9.47 Å². The van der Waals surface area contributed by atoms with Crippen LogP contribution < -0.4 is 15.2 Å². The first-order valence-electron chi connectivity index (χ1n) is 11.5. The first kappa shape index (κ1) is 21.5. The number of rotatable bonds is 6. The molecule has 6 rings (SSSR count). The Labute approximate surface area is 207 Å². The number of halogens is 1. The number of benzene rings is 3. The van der Waals surface area contributed by atoms with Gasteiger partial charge in [0.15, 0.2) is 5.82 Å². The minimum atomic E-state index is 0.456. The first-order chi connectivity index (χ1) is 17.2. The van der Waals surface area contributed by atoms with Crippen molar-refractivity contribution in [1.82, 2.24) is 14.5 Å². The molecule has 0 atom stereocenters. The molecule has 0 spiro atoms. The molecule has 0 unspecified atom stereocenters. The molecule has 0 bridgehead atoms. The van der Waals surface area contributed by atoms with Crippen molar-refractivity contribution in [2.45, 2.75) is 25.9 Å². The number of aryl methyl sites for hydroxylation is 1. The van der Waals surface area contributed by atoms with Crippen LogP contribution in [0.2, 0.25) is 5.02 Å². The highest BCUT2D eigenvalue weighted by Gasteiger charge is 2.25. The van der Waals surface area contributed by atoms with Crippen LogP contribution in [0.4, 0.5) is 5.82 Å². The maximum absolute atomic E-state index is 6.26. The van der Waals surface area contributed by atoms with E-state index in [1.54, 1.807) is 6.33 Å². The molecule has 6 nitrogen and oxygen atoms in total. The largest absolute Gasteiger partial charge is 0.489 e. The lowest BCUT2D eigenvalue weighted by Gasteiger charge is -2.12. The number of nitrogens with two attached hydrogens (primary N) is 1. The van der Waals surface area contributed by atoms with Crippen LogP contribution in [0.3, 0.4) is 0 Å². The Bertz CT molecular complexity index is 1510. The Kier molecular flexibility index (Phi) is 5.51. The molecule has 1 aliphatic rings. The predicted molar refractivity (Wildman–Crippen MR) is 138 cm³/mol. The fourth-order valence-electron chi connectivity index (χ4n) is 4.66. The van der Waals surface area contributed by atoms with Crippen LogP contribution in [0.1, 0.15) is 23.2 Å². The summed E-state index contributed by atoms with van der Waals surface area (Å²) in [7, 11) is 0. The van der Waals surface area contributed by atoms with Crippen LogP contribution in [0.5, 0.6) is 17.2 Å². The van der Waals surface area contributed by atoms with Gasteiger partial charge in [-0.2, -0.15) is 0 Å². The van der Waals surface area contributed by atoms with Crippen molar-refractivity contribution >= 4 is 28.5 Å². The van der Waals surface area contributed by atoms with E-state index in [0.717, 1.165) is 53.0 Å². The third kappa shape index (κ3) is 4.17. The van der Waals surface area contributed by atoms with Crippen molar-refractivity contribution in [1.29, 1.82) is 0 Å². The molecular formula is C28H23ClN4O2. The molecule has 3 aromatic carbocycles. The van der Waals surface area contributed by atoms with E-state index in [-0.39, 0.29) is 0 Å². The molecule has 0 saturated carbocycles. The lowest BCUT2D eigenvalue weighted by Crippen LogP contribution is -2.02.